The molecule has 0 spiro atoms. The van der Waals surface area contributed by atoms with Crippen molar-refractivity contribution in [3.8, 4) is 0 Å². The number of nitrogens with one attached hydrogen (secondary N) is 3. The van der Waals surface area contributed by atoms with Crippen molar-refractivity contribution in [2.24, 2.45) is 0 Å². The molecule has 0 aliphatic carbocycles. The Bertz CT molecular complexity index is 990. The summed E-state index contributed by atoms with van der Waals surface area (Å²) in [7, 11) is 0. The first-order valence-corrected chi connectivity index (χ1v) is 10.5. The third kappa shape index (κ3) is 7.31. The van der Waals surface area contributed by atoms with E-state index in [4.69, 9.17) is 4.74 Å². The molecule has 1 aliphatic rings. The van der Waals surface area contributed by atoms with Gasteiger partial charge in [-0.1, -0.05) is 30.3 Å². The topological polar surface area (TPSA) is 96.5 Å². The Labute approximate surface area is 188 Å². The molecule has 0 aromatic heterocycles. The van der Waals surface area contributed by atoms with Gasteiger partial charge in [-0.2, -0.15) is 13.2 Å². The zero-order chi connectivity index (χ0) is 23.8. The molecule has 1 aliphatic heterocycles. The number of halogens is 3. The summed E-state index contributed by atoms with van der Waals surface area (Å²) in [6, 6.07) is 12.1. The van der Waals surface area contributed by atoms with Gasteiger partial charge in [-0.15, -0.1) is 0 Å². The number of anilines is 2. The van der Waals surface area contributed by atoms with Gasteiger partial charge in [0.15, 0.2) is 0 Å². The monoisotopic (exact) mass is 463 g/mol. The van der Waals surface area contributed by atoms with Gasteiger partial charge in [0.05, 0.1) is 17.7 Å². The van der Waals surface area contributed by atoms with Gasteiger partial charge in [0, 0.05) is 25.3 Å². The summed E-state index contributed by atoms with van der Waals surface area (Å²) < 4.78 is 45.8. The Balaban J connectivity index is 1.55. The van der Waals surface area contributed by atoms with Gasteiger partial charge in [0.1, 0.15) is 6.10 Å². The van der Waals surface area contributed by atoms with Crippen LogP contribution in [0.4, 0.5) is 24.5 Å². The van der Waals surface area contributed by atoms with Crippen LogP contribution < -0.4 is 16.0 Å². The molecule has 1 saturated heterocycles. The van der Waals surface area contributed by atoms with E-state index in [1.807, 2.05) is 6.07 Å². The predicted octanol–water partition coefficient (Wildman–Crippen LogP) is 3.51. The van der Waals surface area contributed by atoms with E-state index in [2.05, 4.69) is 16.0 Å². The molecule has 1 heterocycles. The summed E-state index contributed by atoms with van der Waals surface area (Å²) in [5.41, 5.74) is -0.762. The first kappa shape index (κ1) is 24.2. The third-order valence-electron chi connectivity index (χ3n) is 4.97. The first-order chi connectivity index (χ1) is 15.7. The molecule has 1 atom stereocenters. The van der Waals surface area contributed by atoms with Gasteiger partial charge in [0.2, 0.25) is 11.8 Å². The van der Waals surface area contributed by atoms with Gasteiger partial charge in [-0.05, 0) is 36.6 Å². The molecule has 1 fully saturated rings. The molecule has 10 heteroatoms. The maximum Gasteiger partial charge on any atom is 0.418 e. The smallest absolute Gasteiger partial charge is 0.368 e. The molecule has 33 heavy (non-hydrogen) atoms. The minimum Gasteiger partial charge on any atom is -0.368 e. The van der Waals surface area contributed by atoms with Crippen molar-refractivity contribution in [1.29, 1.82) is 0 Å². The molecule has 0 bridgehead atoms. The molecule has 3 amide bonds. The molecule has 2 aromatic carbocycles. The zero-order valence-corrected chi connectivity index (χ0v) is 17.7. The number of benzene rings is 2. The quantitative estimate of drug-likeness (QED) is 0.558. The fraction of sp³-hybridized carbons (Fsp3) is 0.348. The van der Waals surface area contributed by atoms with Crippen LogP contribution in [0.1, 0.15) is 30.4 Å². The lowest BCUT2D eigenvalue weighted by Gasteiger charge is -2.17. The number of amides is 3. The van der Waals surface area contributed by atoms with Gasteiger partial charge in [0.25, 0.3) is 5.91 Å². The Kier molecular flexibility index (Phi) is 8.05. The van der Waals surface area contributed by atoms with E-state index in [-0.39, 0.29) is 31.0 Å². The van der Waals surface area contributed by atoms with E-state index in [9.17, 15) is 27.6 Å². The Morgan fingerprint density at radius 3 is 2.42 bits per heavy atom. The molecule has 2 aromatic rings. The molecule has 1 unspecified atom stereocenters. The predicted molar refractivity (Wildman–Crippen MR) is 115 cm³/mol. The van der Waals surface area contributed by atoms with Crippen molar-refractivity contribution >= 4 is 29.1 Å². The second kappa shape index (κ2) is 11.0. The van der Waals surface area contributed by atoms with Crippen molar-refractivity contribution in [2.45, 2.75) is 38.0 Å². The highest BCUT2D eigenvalue weighted by Crippen LogP contribution is 2.36. The highest BCUT2D eigenvalue weighted by atomic mass is 19.4. The summed E-state index contributed by atoms with van der Waals surface area (Å²) in [5.74, 6) is -1.49. The maximum absolute atomic E-state index is 13.5. The minimum absolute atomic E-state index is 0.0195. The van der Waals surface area contributed by atoms with E-state index in [0.717, 1.165) is 17.7 Å². The largest absolute Gasteiger partial charge is 0.418 e. The van der Waals surface area contributed by atoms with Gasteiger partial charge < -0.3 is 20.7 Å². The average Bonchev–Trinajstić information content (AvgIpc) is 3.30. The highest BCUT2D eigenvalue weighted by molar-refractivity contribution is 5.96. The second-order valence-electron chi connectivity index (χ2n) is 7.56. The Hall–Kier alpha value is -3.40. The lowest BCUT2D eigenvalue weighted by atomic mass is 10.1. The molecule has 176 valence electrons. The second-order valence-corrected chi connectivity index (χ2v) is 7.56. The van der Waals surface area contributed by atoms with Gasteiger partial charge in [-0.25, -0.2) is 0 Å². The standard InChI is InChI=1S/C23H24F3N3O4/c24-23(25,26)17-14-16(28-22(32)19-7-4-12-33-19)8-9-18(17)29-20(30)10-11-27-21(31)13-15-5-2-1-3-6-15/h1-3,5-6,8-9,14,19H,4,7,10-13H2,(H,27,31)(H,28,32)(H,29,30). The van der Waals surface area contributed by atoms with E-state index in [1.54, 1.807) is 24.3 Å². The van der Waals surface area contributed by atoms with E-state index in [0.29, 0.717) is 19.4 Å². The summed E-state index contributed by atoms with van der Waals surface area (Å²) in [6.45, 7) is 0.415. The van der Waals surface area contributed by atoms with E-state index >= 15 is 0 Å². The van der Waals surface area contributed by atoms with Crippen LogP contribution in [-0.2, 0) is 31.7 Å². The fourth-order valence-corrected chi connectivity index (χ4v) is 3.34. The number of hydrogen-bond acceptors (Lipinski definition) is 4. The first-order valence-electron chi connectivity index (χ1n) is 10.5. The van der Waals surface area contributed by atoms with Crippen molar-refractivity contribution < 1.29 is 32.3 Å². The van der Waals surface area contributed by atoms with Gasteiger partial charge >= 0.3 is 6.18 Å². The molecule has 0 radical (unpaired) electrons. The fourth-order valence-electron chi connectivity index (χ4n) is 3.34. The molecule has 3 N–H and O–H groups in total. The van der Waals surface area contributed by atoms with Crippen molar-refractivity contribution in [1.82, 2.24) is 5.32 Å². The van der Waals surface area contributed by atoms with Crippen LogP contribution in [0.5, 0.6) is 0 Å². The van der Waals surface area contributed by atoms with Crippen LogP contribution in [0.15, 0.2) is 48.5 Å². The normalized spacial score (nSPS) is 15.7. The van der Waals surface area contributed by atoms with Crippen LogP contribution >= 0.6 is 0 Å². The lowest BCUT2D eigenvalue weighted by molar-refractivity contribution is -0.137. The van der Waals surface area contributed by atoms with Crippen LogP contribution in [-0.4, -0.2) is 37.0 Å². The molecule has 0 saturated carbocycles. The highest BCUT2D eigenvalue weighted by Gasteiger charge is 2.34. The van der Waals surface area contributed by atoms with Crippen LogP contribution in [0.3, 0.4) is 0 Å². The number of alkyl halides is 3. The maximum atomic E-state index is 13.5. The average molecular weight is 463 g/mol. The molecule has 7 nitrogen and oxygen atoms in total. The summed E-state index contributed by atoms with van der Waals surface area (Å²) in [4.78, 5) is 36.2. The van der Waals surface area contributed by atoms with Crippen molar-refractivity contribution in [3.63, 3.8) is 0 Å². The van der Waals surface area contributed by atoms with Crippen LogP contribution in [0.2, 0.25) is 0 Å². The van der Waals surface area contributed by atoms with E-state index in [1.165, 1.54) is 6.07 Å². The summed E-state index contributed by atoms with van der Waals surface area (Å²) in [6.07, 6.45) is -4.28. The number of ether oxygens (including phenoxy) is 1. The Morgan fingerprint density at radius 1 is 1.00 bits per heavy atom. The summed E-state index contributed by atoms with van der Waals surface area (Å²) in [5, 5.41) is 7.22. The third-order valence-corrected chi connectivity index (χ3v) is 4.97. The van der Waals surface area contributed by atoms with Gasteiger partial charge in [-0.3, -0.25) is 14.4 Å². The van der Waals surface area contributed by atoms with Crippen molar-refractivity contribution in [2.75, 3.05) is 23.8 Å². The van der Waals surface area contributed by atoms with Crippen LogP contribution in [0.25, 0.3) is 0 Å². The minimum atomic E-state index is -4.75. The molecular formula is C23H24F3N3O4. The summed E-state index contributed by atoms with van der Waals surface area (Å²) >= 11 is 0. The molecular weight excluding hydrogens is 439 g/mol. The SMILES string of the molecule is O=C(Cc1ccccc1)NCCC(=O)Nc1ccc(NC(=O)C2CCCO2)cc1C(F)(F)F. The van der Waals surface area contributed by atoms with Crippen molar-refractivity contribution in [3.05, 3.63) is 59.7 Å². The lowest BCUT2D eigenvalue weighted by Crippen LogP contribution is -2.29. The van der Waals surface area contributed by atoms with E-state index < -0.39 is 35.3 Å². The van der Waals surface area contributed by atoms with Crippen LogP contribution in [0, 0.1) is 0 Å². The Morgan fingerprint density at radius 2 is 1.76 bits per heavy atom. The number of carbonyl (C=O) groups excluding carboxylic acids is 3. The number of rotatable bonds is 8. The molecule has 3 rings (SSSR count). The zero-order valence-electron chi connectivity index (χ0n) is 17.7. The number of carbonyl (C=O) groups is 3. The number of hydrogen-bond donors (Lipinski definition) is 3.